The average molecular weight is 367 g/mol. The third-order valence-corrected chi connectivity index (χ3v) is 3.70. The number of aryl methyl sites for hydroxylation is 1. The maximum absolute atomic E-state index is 6.10. The molecule has 2 aromatic carbocycles. The second-order valence-electron chi connectivity index (χ2n) is 4.71. The summed E-state index contributed by atoms with van der Waals surface area (Å²) in [6, 6.07) is 16.2. The Balaban J connectivity index is 2.29. The Morgan fingerprint density at radius 1 is 1.11 bits per heavy atom. The largest absolute Gasteiger partial charge is 0.484 e. The van der Waals surface area contributed by atoms with Crippen LogP contribution in [0.4, 0.5) is 0 Å². The van der Waals surface area contributed by atoms with Crippen LogP contribution in [0.1, 0.15) is 24.2 Å². The SMILES string of the molecule is Cc1ccccc1C(Oc1cccc(I)c1)C(C)N. The van der Waals surface area contributed by atoms with Crippen molar-refractivity contribution in [3.05, 3.63) is 63.2 Å². The third-order valence-electron chi connectivity index (χ3n) is 3.03. The van der Waals surface area contributed by atoms with Crippen molar-refractivity contribution >= 4 is 22.6 Å². The molecule has 0 aliphatic heterocycles. The van der Waals surface area contributed by atoms with Crippen molar-refractivity contribution in [3.63, 3.8) is 0 Å². The lowest BCUT2D eigenvalue weighted by Gasteiger charge is -2.24. The Bertz CT molecular complexity index is 554. The fourth-order valence-corrected chi connectivity index (χ4v) is 2.56. The predicted molar refractivity (Wildman–Crippen MR) is 87.4 cm³/mol. The molecule has 2 atom stereocenters. The van der Waals surface area contributed by atoms with Crippen LogP contribution in [0.3, 0.4) is 0 Å². The molecule has 0 saturated heterocycles. The molecule has 19 heavy (non-hydrogen) atoms. The summed E-state index contributed by atoms with van der Waals surface area (Å²) in [6.07, 6.45) is -0.126. The van der Waals surface area contributed by atoms with Gasteiger partial charge in [0.2, 0.25) is 0 Å². The first-order valence-electron chi connectivity index (χ1n) is 6.31. The molecule has 100 valence electrons. The average Bonchev–Trinajstić information content (AvgIpc) is 2.37. The van der Waals surface area contributed by atoms with Crippen molar-refractivity contribution in [1.82, 2.24) is 0 Å². The number of halogens is 1. The number of benzene rings is 2. The van der Waals surface area contributed by atoms with E-state index in [0.29, 0.717) is 0 Å². The quantitative estimate of drug-likeness (QED) is 0.827. The molecule has 0 amide bonds. The summed E-state index contributed by atoms with van der Waals surface area (Å²) < 4.78 is 7.25. The number of rotatable bonds is 4. The van der Waals surface area contributed by atoms with Crippen LogP contribution >= 0.6 is 22.6 Å². The lowest BCUT2D eigenvalue weighted by molar-refractivity contribution is 0.179. The fraction of sp³-hybridized carbons (Fsp3) is 0.250. The Hall–Kier alpha value is -1.07. The number of nitrogens with two attached hydrogens (primary N) is 1. The van der Waals surface area contributed by atoms with Gasteiger partial charge in [0.1, 0.15) is 11.9 Å². The van der Waals surface area contributed by atoms with Gasteiger partial charge in [0.25, 0.3) is 0 Å². The minimum atomic E-state index is -0.126. The fourth-order valence-electron chi connectivity index (χ4n) is 2.05. The van der Waals surface area contributed by atoms with Crippen LogP contribution in [0.5, 0.6) is 5.75 Å². The van der Waals surface area contributed by atoms with Crippen LogP contribution in [-0.4, -0.2) is 6.04 Å². The minimum Gasteiger partial charge on any atom is -0.484 e. The molecule has 0 heterocycles. The van der Waals surface area contributed by atoms with Crippen molar-refractivity contribution in [2.75, 3.05) is 0 Å². The van der Waals surface area contributed by atoms with E-state index in [1.165, 1.54) is 5.56 Å². The Morgan fingerprint density at radius 3 is 2.47 bits per heavy atom. The molecule has 2 unspecified atom stereocenters. The lowest BCUT2D eigenvalue weighted by atomic mass is 9.99. The van der Waals surface area contributed by atoms with E-state index in [1.807, 2.05) is 43.3 Å². The summed E-state index contributed by atoms with van der Waals surface area (Å²) in [5, 5.41) is 0. The molecule has 0 fully saturated rings. The smallest absolute Gasteiger partial charge is 0.139 e. The van der Waals surface area contributed by atoms with Gasteiger partial charge in [0.15, 0.2) is 0 Å². The van der Waals surface area contributed by atoms with E-state index in [1.54, 1.807) is 0 Å². The van der Waals surface area contributed by atoms with Crippen molar-refractivity contribution in [2.24, 2.45) is 5.73 Å². The topological polar surface area (TPSA) is 35.2 Å². The highest BCUT2D eigenvalue weighted by molar-refractivity contribution is 14.1. The van der Waals surface area contributed by atoms with E-state index in [0.717, 1.165) is 14.9 Å². The summed E-state index contributed by atoms with van der Waals surface area (Å²) in [7, 11) is 0. The van der Waals surface area contributed by atoms with Gasteiger partial charge in [-0.25, -0.2) is 0 Å². The van der Waals surface area contributed by atoms with Crippen molar-refractivity contribution in [1.29, 1.82) is 0 Å². The molecule has 2 N–H and O–H groups in total. The molecule has 2 aromatic rings. The van der Waals surface area contributed by atoms with Crippen LogP contribution in [0.2, 0.25) is 0 Å². The van der Waals surface area contributed by atoms with Gasteiger partial charge < -0.3 is 10.5 Å². The second-order valence-corrected chi connectivity index (χ2v) is 5.96. The summed E-state index contributed by atoms with van der Waals surface area (Å²) in [5.74, 6) is 0.859. The molecule has 2 nitrogen and oxygen atoms in total. The van der Waals surface area contributed by atoms with E-state index >= 15 is 0 Å². The van der Waals surface area contributed by atoms with Crippen molar-refractivity contribution in [3.8, 4) is 5.75 Å². The Morgan fingerprint density at radius 2 is 1.84 bits per heavy atom. The zero-order valence-corrected chi connectivity index (χ0v) is 13.3. The van der Waals surface area contributed by atoms with Gasteiger partial charge in [-0.15, -0.1) is 0 Å². The zero-order valence-electron chi connectivity index (χ0n) is 11.1. The van der Waals surface area contributed by atoms with Crippen LogP contribution in [0.15, 0.2) is 48.5 Å². The molecule has 0 radical (unpaired) electrons. The van der Waals surface area contributed by atoms with Crippen LogP contribution < -0.4 is 10.5 Å². The first-order chi connectivity index (χ1) is 9.08. The molecular weight excluding hydrogens is 349 g/mol. The molecule has 2 rings (SSSR count). The molecular formula is C16H18INO. The Kier molecular flexibility index (Phi) is 4.82. The van der Waals surface area contributed by atoms with E-state index in [4.69, 9.17) is 10.5 Å². The highest BCUT2D eigenvalue weighted by Crippen LogP contribution is 2.27. The molecule has 0 aliphatic carbocycles. The predicted octanol–water partition coefficient (Wildman–Crippen LogP) is 4.07. The zero-order chi connectivity index (χ0) is 13.8. The molecule has 0 saturated carbocycles. The number of hydrogen-bond donors (Lipinski definition) is 1. The molecule has 0 bridgehead atoms. The van der Waals surface area contributed by atoms with E-state index in [9.17, 15) is 0 Å². The third kappa shape index (κ3) is 3.70. The maximum atomic E-state index is 6.10. The van der Waals surface area contributed by atoms with Gasteiger partial charge in [0, 0.05) is 9.61 Å². The van der Waals surface area contributed by atoms with E-state index in [-0.39, 0.29) is 12.1 Å². The van der Waals surface area contributed by atoms with Crippen LogP contribution in [0.25, 0.3) is 0 Å². The highest BCUT2D eigenvalue weighted by atomic mass is 127. The highest BCUT2D eigenvalue weighted by Gasteiger charge is 2.19. The lowest BCUT2D eigenvalue weighted by Crippen LogP contribution is -2.29. The summed E-state index contributed by atoms with van der Waals surface area (Å²) in [4.78, 5) is 0. The van der Waals surface area contributed by atoms with Gasteiger partial charge in [-0.1, -0.05) is 30.3 Å². The van der Waals surface area contributed by atoms with E-state index in [2.05, 4.69) is 41.6 Å². The number of ether oxygens (including phenoxy) is 1. The first-order valence-corrected chi connectivity index (χ1v) is 7.39. The van der Waals surface area contributed by atoms with Crippen molar-refractivity contribution in [2.45, 2.75) is 26.0 Å². The second kappa shape index (κ2) is 6.39. The first kappa shape index (κ1) is 14.3. The summed E-state index contributed by atoms with van der Waals surface area (Å²) >= 11 is 2.28. The maximum Gasteiger partial charge on any atom is 0.139 e. The van der Waals surface area contributed by atoms with Gasteiger partial charge in [0.05, 0.1) is 0 Å². The van der Waals surface area contributed by atoms with Crippen LogP contribution in [-0.2, 0) is 0 Å². The van der Waals surface area contributed by atoms with Crippen LogP contribution in [0, 0.1) is 10.5 Å². The van der Waals surface area contributed by atoms with Gasteiger partial charge in [-0.2, -0.15) is 0 Å². The molecule has 0 aliphatic rings. The number of hydrogen-bond acceptors (Lipinski definition) is 2. The summed E-state index contributed by atoms with van der Waals surface area (Å²) in [5.41, 5.74) is 8.45. The normalized spacial score (nSPS) is 13.9. The van der Waals surface area contributed by atoms with E-state index < -0.39 is 0 Å². The van der Waals surface area contributed by atoms with Gasteiger partial charge >= 0.3 is 0 Å². The monoisotopic (exact) mass is 367 g/mol. The summed E-state index contributed by atoms with van der Waals surface area (Å²) in [6.45, 7) is 4.06. The standard InChI is InChI=1S/C16H18INO/c1-11-6-3-4-9-15(11)16(12(2)18)19-14-8-5-7-13(17)10-14/h3-10,12,16H,18H2,1-2H3. The molecule has 0 spiro atoms. The molecule has 3 heteroatoms. The minimum absolute atomic E-state index is 0.0704. The molecule has 0 aromatic heterocycles. The Labute approximate surface area is 128 Å². The van der Waals surface area contributed by atoms with Gasteiger partial charge in [-0.3, -0.25) is 0 Å². The van der Waals surface area contributed by atoms with Crippen molar-refractivity contribution < 1.29 is 4.74 Å². The van der Waals surface area contributed by atoms with Gasteiger partial charge in [-0.05, 0) is 65.8 Å².